The van der Waals surface area contributed by atoms with Gasteiger partial charge in [0.25, 0.3) is 0 Å². The van der Waals surface area contributed by atoms with Gasteiger partial charge in [-0.05, 0) is 54.2 Å². The molecule has 0 aromatic heterocycles. The summed E-state index contributed by atoms with van der Waals surface area (Å²) in [5.41, 5.74) is 2.05. The topological polar surface area (TPSA) is 86.8 Å². The van der Waals surface area contributed by atoms with Crippen molar-refractivity contribution in [1.29, 1.82) is 0 Å². The number of benzene rings is 2. The normalized spacial score (nSPS) is 12.3. The quantitative estimate of drug-likeness (QED) is 0.476. The average Bonchev–Trinajstić information content (AvgIpc) is 2.81. The molecule has 1 atom stereocenters. The summed E-state index contributed by atoms with van der Waals surface area (Å²) in [6.07, 6.45) is 2.18. The number of amides is 2. The Bertz CT molecular complexity index is 1090. The number of rotatable bonds is 12. The van der Waals surface area contributed by atoms with Gasteiger partial charge in [0.05, 0.1) is 11.9 Å². The fraction of sp³-hybridized carbons (Fsp3) is 0.462. The molecular formula is C26H36FN3O4S. The summed E-state index contributed by atoms with van der Waals surface area (Å²) in [6.45, 7) is 7.76. The van der Waals surface area contributed by atoms with E-state index in [9.17, 15) is 22.4 Å². The Morgan fingerprint density at radius 1 is 0.971 bits per heavy atom. The van der Waals surface area contributed by atoms with Crippen LogP contribution < -0.4 is 9.62 Å². The first-order valence-electron chi connectivity index (χ1n) is 11.8. The van der Waals surface area contributed by atoms with Gasteiger partial charge in [0, 0.05) is 13.1 Å². The minimum atomic E-state index is -3.78. The summed E-state index contributed by atoms with van der Waals surface area (Å²) in [7, 11) is -3.78. The first kappa shape index (κ1) is 28.3. The van der Waals surface area contributed by atoms with Gasteiger partial charge in [0.2, 0.25) is 21.8 Å². The van der Waals surface area contributed by atoms with E-state index in [0.717, 1.165) is 22.5 Å². The van der Waals surface area contributed by atoms with Crippen LogP contribution in [0.4, 0.5) is 10.1 Å². The molecule has 2 rings (SSSR count). The van der Waals surface area contributed by atoms with Crippen molar-refractivity contribution in [3.63, 3.8) is 0 Å². The molecule has 1 N–H and O–H groups in total. The van der Waals surface area contributed by atoms with Crippen LogP contribution in [0.15, 0.2) is 48.5 Å². The Balaban J connectivity index is 2.40. The Morgan fingerprint density at radius 2 is 1.54 bits per heavy atom. The van der Waals surface area contributed by atoms with Gasteiger partial charge in [-0.3, -0.25) is 13.9 Å². The van der Waals surface area contributed by atoms with Crippen LogP contribution in [0.1, 0.15) is 45.2 Å². The van der Waals surface area contributed by atoms with Gasteiger partial charge in [-0.25, -0.2) is 12.8 Å². The van der Waals surface area contributed by atoms with E-state index in [1.807, 2.05) is 32.9 Å². The molecule has 7 nitrogen and oxygen atoms in total. The van der Waals surface area contributed by atoms with Crippen molar-refractivity contribution in [2.24, 2.45) is 5.92 Å². The Morgan fingerprint density at radius 3 is 2.03 bits per heavy atom. The van der Waals surface area contributed by atoms with Crippen molar-refractivity contribution >= 4 is 27.5 Å². The van der Waals surface area contributed by atoms with Crippen molar-refractivity contribution < 1.29 is 22.4 Å². The molecule has 2 aromatic rings. The third kappa shape index (κ3) is 8.35. The van der Waals surface area contributed by atoms with Crippen LogP contribution in [-0.4, -0.2) is 50.5 Å². The molecule has 2 aromatic carbocycles. The van der Waals surface area contributed by atoms with Crippen LogP contribution in [0, 0.1) is 11.7 Å². The van der Waals surface area contributed by atoms with Gasteiger partial charge in [-0.1, -0.05) is 52.0 Å². The van der Waals surface area contributed by atoms with Gasteiger partial charge >= 0.3 is 0 Å². The number of halogens is 1. The fourth-order valence-corrected chi connectivity index (χ4v) is 4.49. The zero-order chi connectivity index (χ0) is 26.2. The number of anilines is 1. The van der Waals surface area contributed by atoms with E-state index in [1.165, 1.54) is 17.0 Å². The van der Waals surface area contributed by atoms with E-state index in [-0.39, 0.29) is 18.4 Å². The number of hydrogen-bond donors (Lipinski definition) is 1. The van der Waals surface area contributed by atoms with E-state index < -0.39 is 34.3 Å². The number of carbonyl (C=O) groups is 2. The monoisotopic (exact) mass is 505 g/mol. The maximum atomic E-state index is 13.6. The molecule has 35 heavy (non-hydrogen) atoms. The lowest BCUT2D eigenvalue weighted by molar-refractivity contribution is -0.140. The smallest absolute Gasteiger partial charge is 0.244 e. The van der Waals surface area contributed by atoms with E-state index in [1.54, 1.807) is 31.2 Å². The van der Waals surface area contributed by atoms with Crippen LogP contribution in [0.25, 0.3) is 0 Å². The molecule has 0 heterocycles. The van der Waals surface area contributed by atoms with Crippen LogP contribution >= 0.6 is 0 Å². The summed E-state index contributed by atoms with van der Waals surface area (Å²) < 4.78 is 39.7. The minimum Gasteiger partial charge on any atom is -0.354 e. The zero-order valence-electron chi connectivity index (χ0n) is 21.1. The molecule has 0 spiro atoms. The average molecular weight is 506 g/mol. The lowest BCUT2D eigenvalue weighted by atomic mass is 10.1. The molecule has 0 aliphatic heterocycles. The lowest BCUT2D eigenvalue weighted by Crippen LogP contribution is -2.52. The number of aryl methyl sites for hydroxylation is 1. The molecule has 0 radical (unpaired) electrons. The highest BCUT2D eigenvalue weighted by Crippen LogP contribution is 2.21. The number of nitrogens with one attached hydrogen (secondary N) is 1. The second-order valence-corrected chi connectivity index (χ2v) is 10.9. The van der Waals surface area contributed by atoms with Crippen LogP contribution in [0.3, 0.4) is 0 Å². The number of nitrogens with zero attached hydrogens (tertiary/aromatic N) is 2. The molecule has 0 saturated carbocycles. The van der Waals surface area contributed by atoms with E-state index in [2.05, 4.69) is 5.32 Å². The maximum Gasteiger partial charge on any atom is 0.244 e. The molecule has 0 saturated heterocycles. The maximum absolute atomic E-state index is 13.6. The van der Waals surface area contributed by atoms with E-state index >= 15 is 0 Å². The molecule has 0 fully saturated rings. The third-order valence-corrected chi connectivity index (χ3v) is 6.79. The molecule has 0 aliphatic carbocycles. The predicted octanol–water partition coefficient (Wildman–Crippen LogP) is 3.73. The zero-order valence-corrected chi connectivity index (χ0v) is 21.9. The summed E-state index contributed by atoms with van der Waals surface area (Å²) in [6, 6.07) is 11.8. The summed E-state index contributed by atoms with van der Waals surface area (Å²) in [5.74, 6) is -1.02. The molecule has 192 valence electrons. The molecule has 0 bridgehead atoms. The highest BCUT2D eigenvalue weighted by Gasteiger charge is 2.31. The van der Waals surface area contributed by atoms with Gasteiger partial charge in [0.15, 0.2) is 0 Å². The number of hydrogen-bond acceptors (Lipinski definition) is 4. The van der Waals surface area contributed by atoms with Gasteiger partial charge in [-0.2, -0.15) is 0 Å². The standard InChI is InChI=1S/C26H36FN3O4S/c1-6-20-10-14-23(15-11-20)30(35(5,33)34)18-25(31)29(17-21-8-12-22(27)13-9-21)24(7-2)26(32)28-16-19(3)4/h8-15,19,24H,6-7,16-18H2,1-5H3,(H,28,32)/t24-/m0/s1. The van der Waals surface area contributed by atoms with Gasteiger partial charge in [-0.15, -0.1) is 0 Å². The van der Waals surface area contributed by atoms with Crippen LogP contribution in [0.2, 0.25) is 0 Å². The Kier molecular flexibility index (Phi) is 10.2. The second-order valence-electron chi connectivity index (χ2n) is 9.00. The first-order valence-corrected chi connectivity index (χ1v) is 13.7. The second kappa shape index (κ2) is 12.7. The predicted molar refractivity (Wildman–Crippen MR) is 137 cm³/mol. The van der Waals surface area contributed by atoms with Crippen LogP contribution in [0.5, 0.6) is 0 Å². The van der Waals surface area contributed by atoms with Crippen molar-refractivity contribution in [3.05, 3.63) is 65.5 Å². The SMILES string of the molecule is CCc1ccc(N(CC(=O)N(Cc2ccc(F)cc2)[C@@H](CC)C(=O)NCC(C)C)S(C)(=O)=O)cc1. The Hall–Kier alpha value is -2.94. The van der Waals surface area contributed by atoms with Crippen molar-refractivity contribution in [2.45, 2.75) is 53.1 Å². The van der Waals surface area contributed by atoms with Crippen molar-refractivity contribution in [2.75, 3.05) is 23.7 Å². The molecule has 9 heteroatoms. The van der Waals surface area contributed by atoms with Gasteiger partial charge < -0.3 is 10.2 Å². The van der Waals surface area contributed by atoms with Gasteiger partial charge in [0.1, 0.15) is 18.4 Å². The number of sulfonamides is 1. The number of carbonyl (C=O) groups excluding carboxylic acids is 2. The summed E-state index contributed by atoms with van der Waals surface area (Å²) in [4.78, 5) is 27.9. The first-order chi connectivity index (χ1) is 16.5. The summed E-state index contributed by atoms with van der Waals surface area (Å²) in [5, 5.41) is 2.87. The largest absolute Gasteiger partial charge is 0.354 e. The molecular weight excluding hydrogens is 469 g/mol. The molecule has 2 amide bonds. The minimum absolute atomic E-state index is 0.0408. The molecule has 0 aliphatic rings. The van der Waals surface area contributed by atoms with E-state index in [4.69, 9.17) is 0 Å². The van der Waals surface area contributed by atoms with Crippen molar-refractivity contribution in [3.8, 4) is 0 Å². The fourth-order valence-electron chi connectivity index (χ4n) is 3.64. The highest BCUT2D eigenvalue weighted by molar-refractivity contribution is 7.92. The lowest BCUT2D eigenvalue weighted by Gasteiger charge is -2.33. The Labute approximate surface area is 208 Å². The summed E-state index contributed by atoms with van der Waals surface area (Å²) >= 11 is 0. The third-order valence-electron chi connectivity index (χ3n) is 5.65. The van der Waals surface area contributed by atoms with Crippen molar-refractivity contribution in [1.82, 2.24) is 10.2 Å². The van der Waals surface area contributed by atoms with E-state index in [0.29, 0.717) is 24.2 Å². The van der Waals surface area contributed by atoms with Crippen LogP contribution in [-0.2, 0) is 32.6 Å². The highest BCUT2D eigenvalue weighted by atomic mass is 32.2. The molecule has 0 unspecified atom stereocenters.